The van der Waals surface area contributed by atoms with Gasteiger partial charge in [-0.3, -0.25) is 19.2 Å². The minimum Gasteiger partial charge on any atom is -0.465 e. The third-order valence-corrected chi connectivity index (χ3v) is 16.0. The molecule has 0 saturated carbocycles. The van der Waals surface area contributed by atoms with E-state index in [1.54, 1.807) is 0 Å². The molecule has 0 atom stereocenters. The lowest BCUT2D eigenvalue weighted by Gasteiger charge is -2.24. The van der Waals surface area contributed by atoms with Crippen molar-refractivity contribution in [3.8, 4) is 44.5 Å². The number of hydrogen-bond donors (Lipinski definition) is 0. The van der Waals surface area contributed by atoms with E-state index in [9.17, 15) is 19.2 Å². The van der Waals surface area contributed by atoms with Gasteiger partial charge in [0.05, 0.1) is 0 Å². The fraction of sp³-hybridized carbons (Fsp3) is 0.224. The summed E-state index contributed by atoms with van der Waals surface area (Å²) in [5.41, 5.74) is 17.7. The second-order valence-corrected chi connectivity index (χ2v) is 20.4. The van der Waals surface area contributed by atoms with Gasteiger partial charge in [-0.15, -0.1) is 0 Å². The molecular weight excluding hydrogens is 933 g/mol. The molecule has 0 unspecified atom stereocenters. The standard InChI is InChI=1S/C67H56O8/c68-64(72-38-60-52-25-9-1-17-44(52)45-18-2-10-26-53(45)60)34-42(35-65(69)73-39-61-54-27-11-3-19-46(54)47-20-4-12-28-55(47)61)33-43(36-66(70)74-40-62-56-29-13-5-21-48(56)49-22-6-14-30-57(49)62)37-67(71)75-41-63-58-31-15-7-23-50(58)51-24-8-16-32-59(51)63/h1-32,42-43,60-63H,33-41H2. The molecule has 0 radical (unpaired) electrons. The first kappa shape index (κ1) is 47.6. The highest BCUT2D eigenvalue weighted by molar-refractivity contribution is 5.83. The molecule has 0 fully saturated rings. The minimum absolute atomic E-state index is 0.119. The molecule has 0 heterocycles. The SMILES string of the molecule is O=C(CC(CC(=O)OCC1c2ccccc2-c2ccccc21)CC(CC(=O)OCC1c2ccccc2-c2ccccc21)CC(=O)OCC1c2ccccc2-c2ccccc21)OCC1c2ccccc2-c2ccccc21. The summed E-state index contributed by atoms with van der Waals surface area (Å²) < 4.78 is 24.6. The quantitative estimate of drug-likeness (QED) is 0.0618. The highest BCUT2D eigenvalue weighted by Gasteiger charge is 2.35. The monoisotopic (exact) mass is 988 g/mol. The number of ether oxygens (including phenoxy) is 4. The van der Waals surface area contributed by atoms with Crippen LogP contribution in [-0.2, 0) is 38.1 Å². The first-order chi connectivity index (χ1) is 36.9. The molecule has 4 aliphatic rings. The summed E-state index contributed by atoms with van der Waals surface area (Å²) in [5.74, 6) is -3.83. The minimum atomic E-state index is -0.649. The van der Waals surface area contributed by atoms with Crippen LogP contribution in [0.25, 0.3) is 44.5 Å². The molecule has 0 aliphatic heterocycles. The smallest absolute Gasteiger partial charge is 0.306 e. The van der Waals surface area contributed by atoms with Gasteiger partial charge in [0.2, 0.25) is 0 Å². The van der Waals surface area contributed by atoms with Gasteiger partial charge in [-0.1, -0.05) is 194 Å². The Balaban J connectivity index is 0.792. The van der Waals surface area contributed by atoms with E-state index >= 15 is 0 Å². The Labute approximate surface area is 437 Å². The Morgan fingerprint density at radius 1 is 0.267 bits per heavy atom. The number of benzene rings is 8. The summed E-state index contributed by atoms with van der Waals surface area (Å²) in [6, 6.07) is 65.4. The zero-order chi connectivity index (χ0) is 50.8. The first-order valence-corrected chi connectivity index (χ1v) is 26.2. The molecule has 75 heavy (non-hydrogen) atoms. The number of hydrogen-bond acceptors (Lipinski definition) is 8. The predicted molar refractivity (Wildman–Crippen MR) is 289 cm³/mol. The van der Waals surface area contributed by atoms with Crippen molar-refractivity contribution in [2.75, 3.05) is 26.4 Å². The zero-order valence-corrected chi connectivity index (χ0v) is 41.6. The van der Waals surface area contributed by atoms with Gasteiger partial charge in [0.1, 0.15) is 26.4 Å². The van der Waals surface area contributed by atoms with Crippen LogP contribution < -0.4 is 0 Å². The highest BCUT2D eigenvalue weighted by atomic mass is 16.5. The Morgan fingerprint density at radius 2 is 0.427 bits per heavy atom. The summed E-state index contributed by atoms with van der Waals surface area (Å²) in [6.45, 7) is 0.474. The van der Waals surface area contributed by atoms with E-state index in [4.69, 9.17) is 18.9 Å². The lowest BCUT2D eigenvalue weighted by molar-refractivity contribution is -0.148. The Morgan fingerprint density at radius 3 is 0.600 bits per heavy atom. The summed E-state index contributed by atoms with van der Waals surface area (Å²) in [6.07, 6.45) is -0.376. The van der Waals surface area contributed by atoms with Gasteiger partial charge in [-0.2, -0.15) is 0 Å². The van der Waals surface area contributed by atoms with E-state index in [-0.39, 0.29) is 82.2 Å². The van der Waals surface area contributed by atoms with Crippen LogP contribution in [0.5, 0.6) is 0 Å². The molecule has 8 nitrogen and oxygen atoms in total. The van der Waals surface area contributed by atoms with Crippen molar-refractivity contribution in [3.05, 3.63) is 239 Å². The van der Waals surface area contributed by atoms with Crippen LogP contribution >= 0.6 is 0 Å². The zero-order valence-electron chi connectivity index (χ0n) is 41.6. The Kier molecular flexibility index (Phi) is 13.3. The maximum Gasteiger partial charge on any atom is 0.306 e. The fourth-order valence-corrected chi connectivity index (χ4v) is 12.6. The topological polar surface area (TPSA) is 105 Å². The van der Waals surface area contributed by atoms with Crippen molar-refractivity contribution in [1.82, 2.24) is 0 Å². The maximum atomic E-state index is 14.2. The average molecular weight is 989 g/mol. The predicted octanol–water partition coefficient (Wildman–Crippen LogP) is 13.6. The molecule has 0 aromatic heterocycles. The van der Waals surface area contributed by atoms with E-state index in [1.807, 2.05) is 97.1 Å². The molecule has 0 saturated heterocycles. The van der Waals surface area contributed by atoms with Gasteiger partial charge in [0.15, 0.2) is 0 Å². The Hall–Kier alpha value is -8.36. The second-order valence-electron chi connectivity index (χ2n) is 20.4. The van der Waals surface area contributed by atoms with Gasteiger partial charge < -0.3 is 18.9 Å². The van der Waals surface area contributed by atoms with Crippen LogP contribution in [0.4, 0.5) is 0 Å². The summed E-state index contributed by atoms with van der Waals surface area (Å²) in [4.78, 5) is 56.9. The number of esters is 4. The highest BCUT2D eigenvalue weighted by Crippen LogP contribution is 2.48. The van der Waals surface area contributed by atoms with Crippen molar-refractivity contribution in [2.24, 2.45) is 11.8 Å². The molecule has 0 spiro atoms. The van der Waals surface area contributed by atoms with E-state index < -0.39 is 35.7 Å². The number of fused-ring (bicyclic) bond motifs is 12. The van der Waals surface area contributed by atoms with Crippen molar-refractivity contribution in [3.63, 3.8) is 0 Å². The van der Waals surface area contributed by atoms with Crippen molar-refractivity contribution < 1.29 is 38.1 Å². The first-order valence-electron chi connectivity index (χ1n) is 26.2. The molecule has 8 heteroatoms. The average Bonchev–Trinajstić information content (AvgIpc) is 4.20. The summed E-state index contributed by atoms with van der Waals surface area (Å²) >= 11 is 0. The molecule has 0 bridgehead atoms. The van der Waals surface area contributed by atoms with Crippen LogP contribution in [0.1, 0.15) is 100 Å². The van der Waals surface area contributed by atoms with E-state index in [0.717, 1.165) is 89.0 Å². The van der Waals surface area contributed by atoms with Crippen molar-refractivity contribution >= 4 is 23.9 Å². The molecule has 8 aromatic carbocycles. The normalized spacial score (nSPS) is 13.8. The molecule has 0 amide bonds. The van der Waals surface area contributed by atoms with E-state index in [0.29, 0.717) is 0 Å². The van der Waals surface area contributed by atoms with Crippen LogP contribution in [-0.4, -0.2) is 50.3 Å². The third-order valence-electron chi connectivity index (χ3n) is 16.0. The Bertz CT molecular complexity index is 2850. The second kappa shape index (κ2) is 20.9. The fourth-order valence-electron chi connectivity index (χ4n) is 12.6. The molecular formula is C67H56O8. The van der Waals surface area contributed by atoms with Gasteiger partial charge in [0.25, 0.3) is 0 Å². The van der Waals surface area contributed by atoms with E-state index in [2.05, 4.69) is 97.1 Å². The largest absolute Gasteiger partial charge is 0.465 e. The van der Waals surface area contributed by atoms with Gasteiger partial charge >= 0.3 is 23.9 Å². The van der Waals surface area contributed by atoms with Crippen LogP contribution in [0.2, 0.25) is 0 Å². The number of carbonyl (C=O) groups excluding carboxylic acids is 4. The van der Waals surface area contributed by atoms with Crippen LogP contribution in [0, 0.1) is 11.8 Å². The van der Waals surface area contributed by atoms with Crippen LogP contribution in [0.15, 0.2) is 194 Å². The number of carbonyl (C=O) groups is 4. The molecule has 4 aliphatic carbocycles. The maximum absolute atomic E-state index is 14.2. The molecule has 12 rings (SSSR count). The third kappa shape index (κ3) is 9.46. The van der Waals surface area contributed by atoms with Crippen molar-refractivity contribution in [1.29, 1.82) is 0 Å². The van der Waals surface area contributed by atoms with Gasteiger partial charge in [0, 0.05) is 49.4 Å². The molecule has 8 aromatic rings. The number of rotatable bonds is 18. The molecule has 372 valence electrons. The van der Waals surface area contributed by atoms with E-state index in [1.165, 1.54) is 0 Å². The van der Waals surface area contributed by atoms with Gasteiger partial charge in [-0.05, 0) is 107 Å². The molecule has 0 N–H and O–H groups in total. The summed E-state index contributed by atoms with van der Waals surface area (Å²) in [7, 11) is 0. The van der Waals surface area contributed by atoms with Crippen LogP contribution in [0.3, 0.4) is 0 Å². The summed E-state index contributed by atoms with van der Waals surface area (Å²) in [5, 5.41) is 0. The van der Waals surface area contributed by atoms with Gasteiger partial charge in [-0.25, -0.2) is 0 Å². The van der Waals surface area contributed by atoms with Crippen molar-refractivity contribution in [2.45, 2.75) is 55.8 Å². The lowest BCUT2D eigenvalue weighted by atomic mass is 9.85. The lowest BCUT2D eigenvalue weighted by Crippen LogP contribution is -2.25.